The highest BCUT2D eigenvalue weighted by atomic mass is 16.4. The van der Waals surface area contributed by atoms with Crippen LogP contribution in [0.2, 0.25) is 0 Å². The number of benzene rings is 1. The SMILES string of the molecule is N/C(=N/O)c1ccc(CC(=O)NCCC2CCC2)cc1. The summed E-state index contributed by atoms with van der Waals surface area (Å²) in [6.45, 7) is 0.770. The Bertz CT molecular complexity index is 478. The molecule has 20 heavy (non-hydrogen) atoms. The monoisotopic (exact) mass is 275 g/mol. The molecule has 1 amide bonds. The number of hydrogen-bond acceptors (Lipinski definition) is 3. The lowest BCUT2D eigenvalue weighted by molar-refractivity contribution is -0.120. The van der Waals surface area contributed by atoms with E-state index >= 15 is 0 Å². The number of amidine groups is 1. The molecule has 0 atom stereocenters. The fourth-order valence-electron chi connectivity index (χ4n) is 2.30. The van der Waals surface area contributed by atoms with Crippen LogP contribution in [0.15, 0.2) is 29.4 Å². The largest absolute Gasteiger partial charge is 0.409 e. The lowest BCUT2D eigenvalue weighted by Gasteiger charge is -2.25. The molecule has 108 valence electrons. The summed E-state index contributed by atoms with van der Waals surface area (Å²) in [6.07, 6.45) is 5.41. The first-order valence-electron chi connectivity index (χ1n) is 7.02. The summed E-state index contributed by atoms with van der Waals surface area (Å²) >= 11 is 0. The molecule has 0 saturated heterocycles. The van der Waals surface area contributed by atoms with Gasteiger partial charge in [0.25, 0.3) is 0 Å². The lowest BCUT2D eigenvalue weighted by Crippen LogP contribution is -2.28. The third-order valence-electron chi connectivity index (χ3n) is 3.82. The first-order valence-corrected chi connectivity index (χ1v) is 7.02. The van der Waals surface area contributed by atoms with E-state index < -0.39 is 0 Å². The van der Waals surface area contributed by atoms with E-state index in [1.165, 1.54) is 19.3 Å². The van der Waals surface area contributed by atoms with Gasteiger partial charge in [-0.15, -0.1) is 0 Å². The third-order valence-corrected chi connectivity index (χ3v) is 3.82. The van der Waals surface area contributed by atoms with Crippen LogP contribution in [-0.2, 0) is 11.2 Å². The normalized spacial score (nSPS) is 15.7. The second-order valence-electron chi connectivity index (χ2n) is 5.29. The van der Waals surface area contributed by atoms with E-state index in [0.717, 1.165) is 24.4 Å². The van der Waals surface area contributed by atoms with Gasteiger partial charge in [-0.2, -0.15) is 0 Å². The lowest BCUT2D eigenvalue weighted by atomic mass is 9.83. The highest BCUT2D eigenvalue weighted by Crippen LogP contribution is 2.28. The second kappa shape index (κ2) is 6.93. The van der Waals surface area contributed by atoms with Crippen molar-refractivity contribution >= 4 is 11.7 Å². The molecule has 1 aliphatic carbocycles. The van der Waals surface area contributed by atoms with Crippen molar-refractivity contribution in [2.45, 2.75) is 32.1 Å². The summed E-state index contributed by atoms with van der Waals surface area (Å²) in [4.78, 5) is 11.8. The fourth-order valence-corrected chi connectivity index (χ4v) is 2.30. The fraction of sp³-hybridized carbons (Fsp3) is 0.467. The van der Waals surface area contributed by atoms with Crippen molar-refractivity contribution in [3.8, 4) is 0 Å². The molecule has 1 fully saturated rings. The molecule has 1 aromatic rings. The van der Waals surface area contributed by atoms with E-state index in [1.807, 2.05) is 12.1 Å². The predicted molar refractivity (Wildman–Crippen MR) is 77.6 cm³/mol. The Hall–Kier alpha value is -2.04. The molecule has 0 aliphatic heterocycles. The number of nitrogens with one attached hydrogen (secondary N) is 1. The number of carbonyl (C=O) groups is 1. The van der Waals surface area contributed by atoms with Gasteiger partial charge in [-0.1, -0.05) is 48.7 Å². The van der Waals surface area contributed by atoms with E-state index in [9.17, 15) is 4.79 Å². The van der Waals surface area contributed by atoms with Gasteiger partial charge < -0.3 is 16.3 Å². The topological polar surface area (TPSA) is 87.7 Å². The van der Waals surface area contributed by atoms with Gasteiger partial charge in [0.1, 0.15) is 0 Å². The van der Waals surface area contributed by atoms with E-state index in [0.29, 0.717) is 12.0 Å². The molecule has 0 aromatic heterocycles. The maximum Gasteiger partial charge on any atom is 0.224 e. The molecular formula is C15H21N3O2. The Morgan fingerprint density at radius 2 is 2.05 bits per heavy atom. The summed E-state index contributed by atoms with van der Waals surface area (Å²) in [5.41, 5.74) is 7.04. The van der Waals surface area contributed by atoms with Gasteiger partial charge in [0.2, 0.25) is 5.91 Å². The van der Waals surface area contributed by atoms with E-state index in [4.69, 9.17) is 10.9 Å². The summed E-state index contributed by atoms with van der Waals surface area (Å²) in [6, 6.07) is 7.12. The Labute approximate surface area is 118 Å². The first kappa shape index (κ1) is 14.4. The summed E-state index contributed by atoms with van der Waals surface area (Å²) in [5.74, 6) is 0.928. The molecule has 0 bridgehead atoms. The Kier molecular flexibility index (Phi) is 4.98. The van der Waals surface area contributed by atoms with Crippen molar-refractivity contribution in [1.29, 1.82) is 0 Å². The molecule has 1 saturated carbocycles. The van der Waals surface area contributed by atoms with Gasteiger partial charge >= 0.3 is 0 Å². The zero-order chi connectivity index (χ0) is 14.4. The molecule has 5 heteroatoms. The van der Waals surface area contributed by atoms with Gasteiger partial charge in [0.05, 0.1) is 6.42 Å². The van der Waals surface area contributed by atoms with Crippen molar-refractivity contribution in [2.75, 3.05) is 6.54 Å². The van der Waals surface area contributed by atoms with Gasteiger partial charge in [0.15, 0.2) is 5.84 Å². The maximum atomic E-state index is 11.8. The van der Waals surface area contributed by atoms with Crippen molar-refractivity contribution in [3.63, 3.8) is 0 Å². The smallest absolute Gasteiger partial charge is 0.224 e. The van der Waals surface area contributed by atoms with Crippen LogP contribution in [0.5, 0.6) is 0 Å². The van der Waals surface area contributed by atoms with Gasteiger partial charge in [-0.25, -0.2) is 0 Å². The second-order valence-corrected chi connectivity index (χ2v) is 5.29. The van der Waals surface area contributed by atoms with Crippen LogP contribution >= 0.6 is 0 Å². The van der Waals surface area contributed by atoms with Crippen LogP contribution in [0.1, 0.15) is 36.8 Å². The average molecular weight is 275 g/mol. The average Bonchev–Trinajstić information content (AvgIpc) is 2.41. The number of rotatable bonds is 6. The van der Waals surface area contributed by atoms with E-state index in [1.54, 1.807) is 12.1 Å². The zero-order valence-electron chi connectivity index (χ0n) is 11.5. The van der Waals surface area contributed by atoms with Crippen LogP contribution in [0.25, 0.3) is 0 Å². The molecule has 0 radical (unpaired) electrons. The van der Waals surface area contributed by atoms with E-state index in [-0.39, 0.29) is 11.7 Å². The standard InChI is InChI=1S/C15H21N3O2/c16-15(18-20)13-6-4-12(5-7-13)10-14(19)17-9-8-11-2-1-3-11/h4-7,11,20H,1-3,8-10H2,(H2,16,18)(H,17,19). The quantitative estimate of drug-likeness (QED) is 0.319. The summed E-state index contributed by atoms with van der Waals surface area (Å²) < 4.78 is 0. The van der Waals surface area contributed by atoms with Crippen LogP contribution in [0, 0.1) is 5.92 Å². The summed E-state index contributed by atoms with van der Waals surface area (Å²) in [5, 5.41) is 14.5. The molecule has 1 aliphatic rings. The van der Waals surface area contributed by atoms with Crippen molar-refractivity contribution in [3.05, 3.63) is 35.4 Å². The Balaban J connectivity index is 1.75. The molecule has 5 nitrogen and oxygen atoms in total. The maximum absolute atomic E-state index is 11.8. The molecule has 0 unspecified atom stereocenters. The first-order chi connectivity index (χ1) is 9.69. The highest BCUT2D eigenvalue weighted by molar-refractivity contribution is 5.97. The number of nitrogens with zero attached hydrogens (tertiary/aromatic N) is 1. The third kappa shape index (κ3) is 3.98. The minimum atomic E-state index is 0.0425. The number of carbonyl (C=O) groups excluding carboxylic acids is 1. The number of oxime groups is 1. The zero-order valence-corrected chi connectivity index (χ0v) is 11.5. The van der Waals surface area contributed by atoms with Crippen molar-refractivity contribution < 1.29 is 10.0 Å². The van der Waals surface area contributed by atoms with E-state index in [2.05, 4.69) is 10.5 Å². The number of hydrogen-bond donors (Lipinski definition) is 3. The molecule has 0 spiro atoms. The van der Waals surface area contributed by atoms with Crippen molar-refractivity contribution in [2.24, 2.45) is 16.8 Å². The van der Waals surface area contributed by atoms with Gasteiger partial charge in [-0.05, 0) is 17.9 Å². The summed E-state index contributed by atoms with van der Waals surface area (Å²) in [7, 11) is 0. The molecule has 0 heterocycles. The minimum absolute atomic E-state index is 0.0425. The van der Waals surface area contributed by atoms with Crippen molar-refractivity contribution in [1.82, 2.24) is 5.32 Å². The van der Waals surface area contributed by atoms with Crippen LogP contribution < -0.4 is 11.1 Å². The highest BCUT2D eigenvalue weighted by Gasteiger charge is 2.16. The molecular weight excluding hydrogens is 254 g/mol. The predicted octanol–water partition coefficient (Wildman–Crippen LogP) is 1.63. The van der Waals surface area contributed by atoms with Crippen LogP contribution in [-0.4, -0.2) is 23.5 Å². The van der Waals surface area contributed by atoms with Gasteiger partial charge in [0, 0.05) is 12.1 Å². The minimum Gasteiger partial charge on any atom is -0.409 e. The number of nitrogens with two attached hydrogens (primary N) is 1. The Morgan fingerprint density at radius 1 is 1.35 bits per heavy atom. The molecule has 4 N–H and O–H groups in total. The Morgan fingerprint density at radius 3 is 2.60 bits per heavy atom. The molecule has 1 aromatic carbocycles. The molecule has 2 rings (SSSR count). The number of amides is 1. The van der Waals surface area contributed by atoms with Crippen LogP contribution in [0.3, 0.4) is 0 Å². The van der Waals surface area contributed by atoms with Crippen LogP contribution in [0.4, 0.5) is 0 Å². The van der Waals surface area contributed by atoms with Gasteiger partial charge in [-0.3, -0.25) is 4.79 Å².